The van der Waals surface area contributed by atoms with Crippen molar-refractivity contribution in [3.05, 3.63) is 94.5 Å². The molecule has 6 nitrogen and oxygen atoms in total. The summed E-state index contributed by atoms with van der Waals surface area (Å²) in [5.74, 6) is -0.385. The fraction of sp³-hybridized carbons (Fsp3) is 0.321. The van der Waals surface area contributed by atoms with Crippen LogP contribution in [0.4, 0.5) is 5.69 Å². The van der Waals surface area contributed by atoms with Gasteiger partial charge in [0.25, 0.3) is 10.0 Å². The highest BCUT2D eigenvalue weighted by molar-refractivity contribution is 7.92. The molecule has 0 atom stereocenters. The first-order valence-electron chi connectivity index (χ1n) is 12.0. The van der Waals surface area contributed by atoms with Crippen molar-refractivity contribution in [1.29, 1.82) is 0 Å². The maximum atomic E-state index is 13.7. The zero-order valence-electron chi connectivity index (χ0n) is 20.5. The number of carbonyl (C=O) groups excluding carboxylic acids is 1. The number of anilines is 1. The second-order valence-corrected chi connectivity index (χ2v) is 11.6. The summed E-state index contributed by atoms with van der Waals surface area (Å²) < 4.78 is 34.0. The van der Waals surface area contributed by atoms with Crippen molar-refractivity contribution < 1.29 is 17.9 Å². The molecule has 0 spiro atoms. The number of nitrogens with one attached hydrogen (secondary N) is 1. The van der Waals surface area contributed by atoms with Gasteiger partial charge < -0.3 is 10.1 Å². The number of hydrogen-bond acceptors (Lipinski definition) is 4. The molecule has 1 aliphatic rings. The van der Waals surface area contributed by atoms with Crippen LogP contribution in [0.1, 0.15) is 29.5 Å². The highest BCUT2D eigenvalue weighted by Gasteiger charge is 2.35. The molecule has 1 amide bonds. The molecule has 3 aromatic carbocycles. The second-order valence-electron chi connectivity index (χ2n) is 9.29. The molecule has 0 unspecified atom stereocenters. The molecule has 0 aliphatic carbocycles. The van der Waals surface area contributed by atoms with Gasteiger partial charge in [-0.05, 0) is 62.1 Å². The maximum Gasteiger partial charge on any atom is 0.264 e. The Balaban J connectivity index is 1.60. The summed E-state index contributed by atoms with van der Waals surface area (Å²) in [5, 5.41) is 3.45. The molecule has 190 valence electrons. The fourth-order valence-corrected chi connectivity index (χ4v) is 6.05. The average Bonchev–Trinajstić information content (AvgIpc) is 2.89. The summed E-state index contributed by atoms with van der Waals surface area (Å²) in [6, 6.07) is 21.7. The standard InChI is InChI=1S/C28H31ClN2O4S/c1-21-8-12-25(13-9-21)36(33,34)31(24-11-10-22(2)26(29)18-24)19-27(32)30-20-28(14-16-35-17-15-28)23-6-4-3-5-7-23/h3-13,18H,14-17,19-20H2,1-2H3,(H,30,32). The van der Waals surface area contributed by atoms with Crippen LogP contribution < -0.4 is 9.62 Å². The number of ether oxygens (including phenoxy) is 1. The number of benzene rings is 3. The van der Waals surface area contributed by atoms with E-state index in [1.807, 2.05) is 32.0 Å². The number of sulfonamides is 1. The van der Waals surface area contributed by atoms with Gasteiger partial charge >= 0.3 is 0 Å². The molecule has 0 bridgehead atoms. The van der Waals surface area contributed by atoms with Gasteiger partial charge in [-0.15, -0.1) is 0 Å². The van der Waals surface area contributed by atoms with Crippen LogP contribution in [0.3, 0.4) is 0 Å². The molecule has 1 fully saturated rings. The van der Waals surface area contributed by atoms with E-state index in [4.69, 9.17) is 16.3 Å². The molecule has 4 rings (SSSR count). The Labute approximate surface area is 218 Å². The first-order chi connectivity index (χ1) is 17.2. The summed E-state index contributed by atoms with van der Waals surface area (Å²) in [5.41, 5.74) is 2.98. The van der Waals surface area contributed by atoms with E-state index >= 15 is 0 Å². The predicted octanol–water partition coefficient (Wildman–Crippen LogP) is 5.02. The van der Waals surface area contributed by atoms with Crippen LogP contribution >= 0.6 is 11.6 Å². The molecule has 1 heterocycles. The van der Waals surface area contributed by atoms with Crippen molar-refractivity contribution in [2.45, 2.75) is 37.0 Å². The summed E-state index contributed by atoms with van der Waals surface area (Å²) in [7, 11) is -4.01. The summed E-state index contributed by atoms with van der Waals surface area (Å²) >= 11 is 6.33. The van der Waals surface area contributed by atoms with Gasteiger partial charge in [0, 0.05) is 30.2 Å². The molecule has 8 heteroatoms. The zero-order chi connectivity index (χ0) is 25.8. The number of nitrogens with zero attached hydrogens (tertiary/aromatic N) is 1. The zero-order valence-corrected chi connectivity index (χ0v) is 22.1. The minimum atomic E-state index is -4.01. The van der Waals surface area contributed by atoms with Crippen molar-refractivity contribution >= 4 is 33.2 Å². The highest BCUT2D eigenvalue weighted by Crippen LogP contribution is 2.34. The van der Waals surface area contributed by atoms with Crippen LogP contribution in [-0.4, -0.2) is 40.6 Å². The van der Waals surface area contributed by atoms with Gasteiger partial charge in [-0.2, -0.15) is 0 Å². The summed E-state index contributed by atoms with van der Waals surface area (Å²) in [6.07, 6.45) is 1.55. The number of halogens is 1. The van der Waals surface area contributed by atoms with Crippen LogP contribution in [0.2, 0.25) is 5.02 Å². The van der Waals surface area contributed by atoms with Gasteiger partial charge in [0.2, 0.25) is 5.91 Å². The molecule has 0 saturated carbocycles. The van der Waals surface area contributed by atoms with Crippen molar-refractivity contribution in [2.24, 2.45) is 0 Å². The van der Waals surface area contributed by atoms with Gasteiger partial charge in [0.05, 0.1) is 10.6 Å². The number of hydrogen-bond donors (Lipinski definition) is 1. The van der Waals surface area contributed by atoms with Crippen LogP contribution in [0.5, 0.6) is 0 Å². The smallest absolute Gasteiger partial charge is 0.264 e. The average molecular weight is 527 g/mol. The Bertz CT molecular complexity index is 1310. The lowest BCUT2D eigenvalue weighted by Crippen LogP contribution is -2.48. The predicted molar refractivity (Wildman–Crippen MR) is 143 cm³/mol. The molecule has 3 aromatic rings. The molecule has 1 aliphatic heterocycles. The van der Waals surface area contributed by atoms with Crippen molar-refractivity contribution in [2.75, 3.05) is 30.6 Å². The molecule has 1 N–H and O–H groups in total. The topological polar surface area (TPSA) is 75.7 Å². The summed E-state index contributed by atoms with van der Waals surface area (Å²) in [4.78, 5) is 13.4. The minimum absolute atomic E-state index is 0.114. The minimum Gasteiger partial charge on any atom is -0.381 e. The summed E-state index contributed by atoms with van der Waals surface area (Å²) in [6.45, 7) is 4.99. The highest BCUT2D eigenvalue weighted by atomic mass is 35.5. The Morgan fingerprint density at radius 1 is 1.00 bits per heavy atom. The van der Waals surface area contributed by atoms with Gasteiger partial charge in [0.15, 0.2) is 0 Å². The lowest BCUT2D eigenvalue weighted by molar-refractivity contribution is -0.120. The van der Waals surface area contributed by atoms with Crippen LogP contribution in [0, 0.1) is 13.8 Å². The molecule has 1 saturated heterocycles. The second kappa shape index (κ2) is 11.0. The van der Waals surface area contributed by atoms with Crippen LogP contribution in [-0.2, 0) is 25.0 Å². The van der Waals surface area contributed by atoms with Gasteiger partial charge in [-0.1, -0.05) is 65.7 Å². The van der Waals surface area contributed by atoms with E-state index in [1.165, 1.54) is 0 Å². The normalized spacial score (nSPS) is 15.3. The lowest BCUT2D eigenvalue weighted by Gasteiger charge is -2.38. The largest absolute Gasteiger partial charge is 0.381 e. The SMILES string of the molecule is Cc1ccc(S(=O)(=O)N(CC(=O)NCC2(c3ccccc3)CCOCC2)c2ccc(C)c(Cl)c2)cc1. The van der Waals surface area contributed by atoms with Crippen LogP contribution in [0.25, 0.3) is 0 Å². The van der Waals surface area contributed by atoms with E-state index in [2.05, 4.69) is 17.4 Å². The first-order valence-corrected chi connectivity index (χ1v) is 13.8. The van der Waals surface area contributed by atoms with Crippen molar-refractivity contribution in [3.8, 4) is 0 Å². The van der Waals surface area contributed by atoms with E-state index in [0.29, 0.717) is 30.5 Å². The van der Waals surface area contributed by atoms with E-state index in [1.54, 1.807) is 42.5 Å². The van der Waals surface area contributed by atoms with E-state index in [9.17, 15) is 13.2 Å². The third-order valence-corrected chi connectivity index (χ3v) is 8.99. The molecular weight excluding hydrogens is 496 g/mol. The van der Waals surface area contributed by atoms with Gasteiger partial charge in [0.1, 0.15) is 6.54 Å². The molecule has 36 heavy (non-hydrogen) atoms. The Morgan fingerprint density at radius 2 is 1.67 bits per heavy atom. The molecule has 0 aromatic heterocycles. The van der Waals surface area contributed by atoms with Gasteiger partial charge in [-0.25, -0.2) is 8.42 Å². The van der Waals surface area contributed by atoms with E-state index < -0.39 is 10.0 Å². The monoisotopic (exact) mass is 526 g/mol. The fourth-order valence-electron chi connectivity index (χ4n) is 4.46. The maximum absolute atomic E-state index is 13.7. The Kier molecular flexibility index (Phi) is 8.03. The third kappa shape index (κ3) is 5.75. The van der Waals surface area contributed by atoms with Crippen LogP contribution in [0.15, 0.2) is 77.7 Å². The number of carbonyl (C=O) groups is 1. The number of amides is 1. The number of aryl methyl sites for hydroxylation is 2. The van der Waals surface area contributed by atoms with E-state index in [-0.39, 0.29) is 22.8 Å². The Hall–Kier alpha value is -2.87. The molecular formula is C28H31ClN2O4S. The Morgan fingerprint density at radius 3 is 2.31 bits per heavy atom. The third-order valence-electron chi connectivity index (χ3n) is 6.80. The molecule has 0 radical (unpaired) electrons. The quantitative estimate of drug-likeness (QED) is 0.447. The van der Waals surface area contributed by atoms with Crippen molar-refractivity contribution in [3.63, 3.8) is 0 Å². The number of rotatable bonds is 8. The first kappa shape index (κ1) is 26.2. The lowest BCUT2D eigenvalue weighted by atomic mass is 9.74. The van der Waals surface area contributed by atoms with Crippen molar-refractivity contribution in [1.82, 2.24) is 5.32 Å². The van der Waals surface area contributed by atoms with E-state index in [0.717, 1.165) is 33.8 Å². The van der Waals surface area contributed by atoms with Gasteiger partial charge in [-0.3, -0.25) is 9.10 Å².